The number of carbonyl (C=O) groups is 2. The summed E-state index contributed by atoms with van der Waals surface area (Å²) in [5, 5.41) is 5.20. The van der Waals surface area contributed by atoms with E-state index < -0.39 is 17.8 Å². The number of hydrogen-bond acceptors (Lipinski definition) is 7. The highest BCUT2D eigenvalue weighted by Gasteiger charge is 2.42. The number of allylic oxidation sites excluding steroid dienone is 1. The number of halogens is 1. The first-order valence-corrected chi connectivity index (χ1v) is 11.0. The van der Waals surface area contributed by atoms with Crippen LogP contribution in [0.1, 0.15) is 37.6 Å². The Morgan fingerprint density at radius 3 is 2.81 bits per heavy atom. The van der Waals surface area contributed by atoms with Crippen molar-refractivity contribution in [1.29, 1.82) is 0 Å². The van der Waals surface area contributed by atoms with Gasteiger partial charge in [0.15, 0.2) is 5.17 Å². The Hall–Kier alpha value is -3.33. The van der Waals surface area contributed by atoms with Crippen LogP contribution in [0.2, 0.25) is 0 Å². The predicted molar refractivity (Wildman–Crippen MR) is 119 cm³/mol. The van der Waals surface area contributed by atoms with E-state index in [1.165, 1.54) is 17.8 Å². The zero-order valence-corrected chi connectivity index (χ0v) is 18.4. The van der Waals surface area contributed by atoms with E-state index >= 15 is 0 Å². The summed E-state index contributed by atoms with van der Waals surface area (Å²) in [7, 11) is 0. The zero-order chi connectivity index (χ0) is 22.7. The van der Waals surface area contributed by atoms with Crippen LogP contribution in [-0.4, -0.2) is 28.6 Å². The van der Waals surface area contributed by atoms with Gasteiger partial charge in [-0.25, -0.2) is 14.2 Å². The van der Waals surface area contributed by atoms with Crippen molar-refractivity contribution in [1.82, 2.24) is 10.2 Å². The third-order valence-corrected chi connectivity index (χ3v) is 5.97. The van der Waals surface area contributed by atoms with Gasteiger partial charge in [0.1, 0.15) is 11.6 Å². The molecule has 1 atom stereocenters. The summed E-state index contributed by atoms with van der Waals surface area (Å²) in [5.41, 5.74) is 1.65. The number of nitrogens with zero attached hydrogens (tertiary/aromatic N) is 2. The lowest BCUT2D eigenvalue weighted by atomic mass is 9.93. The summed E-state index contributed by atoms with van der Waals surface area (Å²) < 4.78 is 25.4. The molecular weight excluding hydrogens is 433 g/mol. The Labute approximate surface area is 189 Å². The average Bonchev–Trinajstić information content (AvgIpc) is 3.42. The maximum atomic E-state index is 14.9. The number of esters is 1. The number of hydrogen-bond donors (Lipinski definition) is 1. The molecule has 1 N–H and O–H groups in total. The molecule has 0 saturated heterocycles. The number of thioether (sulfide) groups is 1. The van der Waals surface area contributed by atoms with E-state index in [4.69, 9.17) is 9.15 Å². The average molecular weight is 456 g/mol. The van der Waals surface area contributed by atoms with Crippen molar-refractivity contribution in [2.75, 3.05) is 6.61 Å². The maximum absolute atomic E-state index is 14.9. The number of amidine groups is 1. The Bertz CT molecular complexity index is 1120. The van der Waals surface area contributed by atoms with E-state index in [9.17, 15) is 14.0 Å². The molecule has 2 aliphatic heterocycles. The predicted octanol–water partition coefficient (Wildman–Crippen LogP) is 4.26. The molecule has 32 heavy (non-hydrogen) atoms. The van der Waals surface area contributed by atoms with Crippen molar-refractivity contribution in [2.45, 2.75) is 32.9 Å². The third-order valence-electron chi connectivity index (χ3n) is 5.08. The highest BCUT2D eigenvalue weighted by molar-refractivity contribution is 8.16. The van der Waals surface area contributed by atoms with Crippen LogP contribution in [0.3, 0.4) is 0 Å². The van der Waals surface area contributed by atoms with Crippen LogP contribution in [-0.2, 0) is 20.9 Å². The monoisotopic (exact) mass is 455 g/mol. The summed E-state index contributed by atoms with van der Waals surface area (Å²) in [4.78, 5) is 31.7. The lowest BCUT2D eigenvalue weighted by Gasteiger charge is -2.36. The van der Waals surface area contributed by atoms with Gasteiger partial charge in [0.25, 0.3) is 0 Å². The van der Waals surface area contributed by atoms with Crippen molar-refractivity contribution < 1.29 is 23.1 Å². The normalized spacial score (nSPS) is 17.6. The van der Waals surface area contributed by atoms with Gasteiger partial charge in [0.05, 0.1) is 43.1 Å². The first kappa shape index (κ1) is 21.9. The highest BCUT2D eigenvalue weighted by Crippen LogP contribution is 2.45. The Kier molecular flexibility index (Phi) is 6.45. The molecule has 1 aromatic heterocycles. The van der Waals surface area contributed by atoms with Gasteiger partial charge >= 0.3 is 5.97 Å². The van der Waals surface area contributed by atoms with Crippen LogP contribution < -0.4 is 5.32 Å². The highest BCUT2D eigenvalue weighted by atomic mass is 32.2. The summed E-state index contributed by atoms with van der Waals surface area (Å²) in [6, 6.07) is 9.02. The Morgan fingerprint density at radius 1 is 1.28 bits per heavy atom. The summed E-state index contributed by atoms with van der Waals surface area (Å²) in [6.07, 6.45) is 1.57. The lowest BCUT2D eigenvalue weighted by molar-refractivity contribution is -0.139. The number of benzene rings is 1. The van der Waals surface area contributed by atoms with Crippen LogP contribution in [0.15, 0.2) is 74.4 Å². The molecule has 0 spiro atoms. The first-order valence-electron chi connectivity index (χ1n) is 10.1. The van der Waals surface area contributed by atoms with Gasteiger partial charge in [-0.15, -0.1) is 0 Å². The van der Waals surface area contributed by atoms with Gasteiger partial charge in [0, 0.05) is 11.3 Å². The van der Waals surface area contributed by atoms with Gasteiger partial charge in [-0.3, -0.25) is 4.79 Å². The van der Waals surface area contributed by atoms with E-state index in [1.54, 1.807) is 60.8 Å². The molecular formula is C23H22FN3O4S. The van der Waals surface area contributed by atoms with Crippen LogP contribution >= 0.6 is 11.8 Å². The van der Waals surface area contributed by atoms with Crippen molar-refractivity contribution in [3.63, 3.8) is 0 Å². The van der Waals surface area contributed by atoms with E-state index in [1.807, 2.05) is 0 Å². The second-order valence-electron chi connectivity index (χ2n) is 7.17. The number of amides is 1. The molecule has 7 nitrogen and oxygen atoms in total. The second-order valence-corrected chi connectivity index (χ2v) is 8.00. The van der Waals surface area contributed by atoms with Gasteiger partial charge in [-0.2, -0.15) is 0 Å². The molecule has 0 saturated carbocycles. The third kappa shape index (κ3) is 4.34. The topological polar surface area (TPSA) is 84.1 Å². The fourth-order valence-electron chi connectivity index (χ4n) is 3.66. The van der Waals surface area contributed by atoms with Gasteiger partial charge in [-0.05, 0) is 37.5 Å². The van der Waals surface area contributed by atoms with Crippen molar-refractivity contribution in [2.24, 2.45) is 4.99 Å². The molecule has 166 valence electrons. The smallest absolute Gasteiger partial charge is 0.338 e. The number of ether oxygens (including phenoxy) is 1. The number of rotatable bonds is 7. The second kappa shape index (κ2) is 9.44. The number of fused-ring (bicyclic) bond motifs is 1. The molecule has 9 heteroatoms. The number of furan rings is 1. The first-order chi connectivity index (χ1) is 15.5. The van der Waals surface area contributed by atoms with Crippen LogP contribution in [0.5, 0.6) is 0 Å². The summed E-state index contributed by atoms with van der Waals surface area (Å²) >= 11 is 1.33. The van der Waals surface area contributed by atoms with Gasteiger partial charge in [0.2, 0.25) is 5.91 Å². The Balaban J connectivity index is 1.64. The number of nitrogens with one attached hydrogen (secondary N) is 1. The quantitative estimate of drug-likeness (QED) is 0.628. The molecule has 0 fully saturated rings. The molecule has 1 aromatic carbocycles. The van der Waals surface area contributed by atoms with Gasteiger partial charge in [-0.1, -0.05) is 30.0 Å². The maximum Gasteiger partial charge on any atom is 0.338 e. The molecule has 1 unspecified atom stereocenters. The molecule has 0 bridgehead atoms. The van der Waals surface area contributed by atoms with Crippen molar-refractivity contribution in [3.8, 4) is 0 Å². The molecule has 0 radical (unpaired) electrons. The molecule has 3 heterocycles. The zero-order valence-electron chi connectivity index (χ0n) is 17.6. The SMILES string of the molecule is CCOC(=O)C1=C(C)N=C2SC=C(CC(=O)NCc3ccco3)N2C1c1ccccc1F. The Morgan fingerprint density at radius 2 is 2.09 bits per heavy atom. The number of carbonyl (C=O) groups excluding carboxylic acids is 2. The fourth-order valence-corrected chi connectivity index (χ4v) is 4.62. The van der Waals surface area contributed by atoms with Crippen LogP contribution in [0.4, 0.5) is 4.39 Å². The minimum Gasteiger partial charge on any atom is -0.467 e. The fraction of sp³-hybridized carbons (Fsp3) is 0.261. The lowest BCUT2D eigenvalue weighted by Crippen LogP contribution is -2.38. The molecule has 0 aliphatic carbocycles. The van der Waals surface area contributed by atoms with Crippen molar-refractivity contribution in [3.05, 3.63) is 82.2 Å². The van der Waals surface area contributed by atoms with E-state index in [-0.39, 0.29) is 31.1 Å². The van der Waals surface area contributed by atoms with Crippen LogP contribution in [0.25, 0.3) is 0 Å². The van der Waals surface area contributed by atoms with Gasteiger partial charge < -0.3 is 19.4 Å². The summed E-state index contributed by atoms with van der Waals surface area (Å²) in [5.74, 6) is -0.599. The molecule has 2 aromatic rings. The summed E-state index contributed by atoms with van der Waals surface area (Å²) in [6.45, 7) is 3.86. The minimum atomic E-state index is -0.790. The van der Waals surface area contributed by atoms with E-state index in [2.05, 4.69) is 10.3 Å². The largest absolute Gasteiger partial charge is 0.467 e. The van der Waals surface area contributed by atoms with Crippen molar-refractivity contribution >= 4 is 28.8 Å². The number of aliphatic imine (C=N–C) groups is 1. The standard InChI is InChI=1S/C23H22FN3O4S/c1-3-30-22(29)20-14(2)26-23-27(21(20)17-8-4-5-9-18(17)24)15(13-32-23)11-19(28)25-12-16-7-6-10-31-16/h4-10,13,21H,3,11-12H2,1-2H3,(H,25,28). The molecule has 2 aliphatic rings. The van der Waals surface area contributed by atoms with E-state index in [0.717, 1.165) is 0 Å². The molecule has 4 rings (SSSR count). The van der Waals surface area contributed by atoms with Crippen LogP contribution in [0, 0.1) is 5.82 Å². The van der Waals surface area contributed by atoms with E-state index in [0.29, 0.717) is 27.9 Å². The molecule has 1 amide bonds. The minimum absolute atomic E-state index is 0.0346.